The predicted octanol–water partition coefficient (Wildman–Crippen LogP) is 2.81. The van der Waals surface area contributed by atoms with Crippen molar-refractivity contribution in [3.8, 4) is 5.88 Å². The first kappa shape index (κ1) is 15.3. The monoisotopic (exact) mass is 323 g/mol. The van der Waals surface area contributed by atoms with Gasteiger partial charge in [-0.05, 0) is 30.7 Å². The van der Waals surface area contributed by atoms with Crippen LogP contribution in [0, 0.1) is 0 Å². The number of halogens is 3. The molecule has 1 atom stereocenters. The van der Waals surface area contributed by atoms with Crippen LogP contribution in [0.4, 0.5) is 18.9 Å². The Hall–Kier alpha value is -2.64. The minimum absolute atomic E-state index is 0.0936. The molecule has 2 aromatic rings. The highest BCUT2D eigenvalue weighted by Crippen LogP contribution is 2.33. The number of pyridine rings is 2. The van der Waals surface area contributed by atoms with E-state index < -0.39 is 18.0 Å². The summed E-state index contributed by atoms with van der Waals surface area (Å²) in [6.45, 7) is 1.69. The molecule has 0 saturated heterocycles. The molecule has 3 heterocycles. The molecule has 0 radical (unpaired) electrons. The average Bonchev–Trinajstić information content (AvgIpc) is 2.51. The number of aromatic nitrogens is 2. The standard InChI is InChI=1S/C15H12F3N3O2/c1-9-14(22)21(11-3-2-6-19-13(11)23-9)8-10-4-5-12(20-7-10)15(16,17)18/h2-7,9H,8H2,1H3. The molecule has 1 aliphatic rings. The van der Waals surface area contributed by atoms with Crippen LogP contribution >= 0.6 is 0 Å². The van der Waals surface area contributed by atoms with Crippen LogP contribution in [-0.2, 0) is 17.5 Å². The Balaban J connectivity index is 1.88. The van der Waals surface area contributed by atoms with E-state index in [0.717, 1.165) is 12.3 Å². The number of hydrogen-bond acceptors (Lipinski definition) is 4. The molecule has 0 aliphatic carbocycles. The third-order valence-corrected chi connectivity index (χ3v) is 3.40. The minimum Gasteiger partial charge on any atom is -0.463 e. The number of rotatable bonds is 2. The Morgan fingerprint density at radius 3 is 2.70 bits per heavy atom. The number of amides is 1. The number of alkyl halides is 3. The minimum atomic E-state index is -4.49. The van der Waals surface area contributed by atoms with Gasteiger partial charge < -0.3 is 4.74 Å². The molecule has 0 fully saturated rings. The van der Waals surface area contributed by atoms with E-state index in [9.17, 15) is 18.0 Å². The van der Waals surface area contributed by atoms with Crippen molar-refractivity contribution >= 4 is 11.6 Å². The molecule has 5 nitrogen and oxygen atoms in total. The Kier molecular flexibility index (Phi) is 3.67. The maximum absolute atomic E-state index is 12.5. The van der Waals surface area contributed by atoms with Crippen LogP contribution in [0.15, 0.2) is 36.7 Å². The summed E-state index contributed by atoms with van der Waals surface area (Å²) >= 11 is 0. The van der Waals surface area contributed by atoms with Crippen LogP contribution in [0.1, 0.15) is 18.2 Å². The van der Waals surface area contributed by atoms with Crippen LogP contribution in [0.25, 0.3) is 0 Å². The lowest BCUT2D eigenvalue weighted by Gasteiger charge is -2.32. The number of anilines is 1. The van der Waals surface area contributed by atoms with E-state index >= 15 is 0 Å². The highest BCUT2D eigenvalue weighted by molar-refractivity contribution is 5.99. The van der Waals surface area contributed by atoms with Crippen molar-refractivity contribution < 1.29 is 22.7 Å². The maximum atomic E-state index is 12.5. The fraction of sp³-hybridized carbons (Fsp3) is 0.267. The Bertz CT molecular complexity index is 731. The number of hydrogen-bond donors (Lipinski definition) is 0. The molecule has 2 aromatic heterocycles. The van der Waals surface area contributed by atoms with Gasteiger partial charge in [-0.2, -0.15) is 13.2 Å². The summed E-state index contributed by atoms with van der Waals surface area (Å²) in [5.41, 5.74) is -0.00394. The van der Waals surface area contributed by atoms with E-state index in [0.29, 0.717) is 17.1 Å². The van der Waals surface area contributed by atoms with E-state index in [1.165, 1.54) is 11.0 Å². The zero-order valence-corrected chi connectivity index (χ0v) is 12.0. The van der Waals surface area contributed by atoms with Gasteiger partial charge in [-0.25, -0.2) is 4.98 Å². The second-order valence-corrected chi connectivity index (χ2v) is 5.06. The predicted molar refractivity (Wildman–Crippen MR) is 74.8 cm³/mol. The van der Waals surface area contributed by atoms with E-state index in [1.807, 2.05) is 0 Å². The quantitative estimate of drug-likeness (QED) is 0.853. The van der Waals surface area contributed by atoms with E-state index in [-0.39, 0.29) is 12.5 Å². The van der Waals surface area contributed by atoms with Gasteiger partial charge in [0.1, 0.15) is 11.4 Å². The summed E-state index contributed by atoms with van der Waals surface area (Å²) in [5.74, 6) is 0.0323. The maximum Gasteiger partial charge on any atom is 0.433 e. The van der Waals surface area contributed by atoms with Crippen LogP contribution < -0.4 is 9.64 Å². The summed E-state index contributed by atoms with van der Waals surface area (Å²) in [5, 5.41) is 0. The number of carbonyl (C=O) groups excluding carboxylic acids is 1. The molecular formula is C15H12F3N3O2. The van der Waals surface area contributed by atoms with Crippen molar-refractivity contribution in [2.24, 2.45) is 0 Å². The highest BCUT2D eigenvalue weighted by atomic mass is 19.4. The van der Waals surface area contributed by atoms with Gasteiger partial charge in [-0.3, -0.25) is 14.7 Å². The number of carbonyl (C=O) groups is 1. The van der Waals surface area contributed by atoms with Crippen LogP contribution in [-0.4, -0.2) is 22.0 Å². The van der Waals surface area contributed by atoms with Crippen LogP contribution in [0.2, 0.25) is 0 Å². The Morgan fingerprint density at radius 2 is 2.04 bits per heavy atom. The van der Waals surface area contributed by atoms with E-state index in [1.54, 1.807) is 25.3 Å². The molecule has 1 aliphatic heterocycles. The van der Waals surface area contributed by atoms with Crippen molar-refractivity contribution in [1.29, 1.82) is 0 Å². The topological polar surface area (TPSA) is 55.3 Å². The molecule has 1 amide bonds. The van der Waals surface area contributed by atoms with Gasteiger partial charge in [-0.1, -0.05) is 6.07 Å². The van der Waals surface area contributed by atoms with Gasteiger partial charge in [0, 0.05) is 12.4 Å². The summed E-state index contributed by atoms with van der Waals surface area (Å²) in [7, 11) is 0. The lowest BCUT2D eigenvalue weighted by molar-refractivity contribution is -0.141. The molecule has 120 valence electrons. The van der Waals surface area contributed by atoms with Crippen LogP contribution in [0.5, 0.6) is 5.88 Å². The molecule has 23 heavy (non-hydrogen) atoms. The number of fused-ring (bicyclic) bond motifs is 1. The number of ether oxygens (including phenoxy) is 1. The molecule has 0 spiro atoms. The Labute approximate surface area is 129 Å². The van der Waals surface area contributed by atoms with Gasteiger partial charge in [0.05, 0.1) is 6.54 Å². The molecule has 1 unspecified atom stereocenters. The second kappa shape index (κ2) is 5.53. The third kappa shape index (κ3) is 2.96. The molecule has 0 saturated carbocycles. The summed E-state index contributed by atoms with van der Waals surface area (Å²) in [4.78, 5) is 21.2. The van der Waals surface area contributed by atoms with Gasteiger partial charge >= 0.3 is 6.18 Å². The fourth-order valence-electron chi connectivity index (χ4n) is 2.27. The largest absolute Gasteiger partial charge is 0.463 e. The van der Waals surface area contributed by atoms with Crippen molar-refractivity contribution in [3.05, 3.63) is 47.9 Å². The van der Waals surface area contributed by atoms with Gasteiger partial charge in [0.25, 0.3) is 5.91 Å². The SMILES string of the molecule is CC1Oc2ncccc2N(Cc2ccc(C(F)(F)F)nc2)C1=O. The molecule has 8 heteroatoms. The van der Waals surface area contributed by atoms with Gasteiger partial charge in [0.15, 0.2) is 6.10 Å². The van der Waals surface area contributed by atoms with Crippen molar-refractivity contribution in [2.45, 2.75) is 25.7 Å². The smallest absolute Gasteiger partial charge is 0.433 e. The Morgan fingerprint density at radius 1 is 1.26 bits per heavy atom. The number of nitrogens with zero attached hydrogens (tertiary/aromatic N) is 3. The summed E-state index contributed by atoms with van der Waals surface area (Å²) in [6, 6.07) is 5.53. The van der Waals surface area contributed by atoms with E-state index in [4.69, 9.17) is 4.74 Å². The van der Waals surface area contributed by atoms with Crippen molar-refractivity contribution in [3.63, 3.8) is 0 Å². The molecular weight excluding hydrogens is 311 g/mol. The first-order valence-electron chi connectivity index (χ1n) is 6.81. The zero-order valence-electron chi connectivity index (χ0n) is 12.0. The van der Waals surface area contributed by atoms with Gasteiger partial charge in [-0.15, -0.1) is 0 Å². The fourth-order valence-corrected chi connectivity index (χ4v) is 2.27. The van der Waals surface area contributed by atoms with E-state index in [2.05, 4.69) is 9.97 Å². The lowest BCUT2D eigenvalue weighted by atomic mass is 10.2. The van der Waals surface area contributed by atoms with Crippen LogP contribution in [0.3, 0.4) is 0 Å². The first-order valence-corrected chi connectivity index (χ1v) is 6.81. The summed E-state index contributed by atoms with van der Waals surface area (Å²) in [6.07, 6.45) is -2.54. The first-order chi connectivity index (χ1) is 10.9. The molecule has 3 rings (SSSR count). The average molecular weight is 323 g/mol. The second-order valence-electron chi connectivity index (χ2n) is 5.06. The molecule has 0 aromatic carbocycles. The molecule has 0 bridgehead atoms. The molecule has 0 N–H and O–H groups in total. The zero-order chi connectivity index (χ0) is 16.6. The van der Waals surface area contributed by atoms with Crippen molar-refractivity contribution in [2.75, 3.05) is 4.90 Å². The normalized spacial score (nSPS) is 17.7. The van der Waals surface area contributed by atoms with Crippen molar-refractivity contribution in [1.82, 2.24) is 9.97 Å². The highest BCUT2D eigenvalue weighted by Gasteiger charge is 2.34. The lowest BCUT2D eigenvalue weighted by Crippen LogP contribution is -2.44. The van der Waals surface area contributed by atoms with Gasteiger partial charge in [0.2, 0.25) is 5.88 Å². The summed E-state index contributed by atoms with van der Waals surface area (Å²) < 4.78 is 43.0. The third-order valence-electron chi connectivity index (χ3n) is 3.40.